The average molecular weight is 272 g/mol. The van der Waals surface area contributed by atoms with Gasteiger partial charge in [0.25, 0.3) is 0 Å². The molecule has 0 aliphatic rings. The highest BCUT2D eigenvalue weighted by Crippen LogP contribution is 2.32. The smallest absolute Gasteiger partial charge is 0.335 e. The lowest BCUT2D eigenvalue weighted by Gasteiger charge is -2.11. The molecule has 0 spiro atoms. The molecule has 1 N–H and O–H groups in total. The van der Waals surface area contributed by atoms with Crippen LogP contribution in [0.15, 0.2) is 48.5 Å². The predicted molar refractivity (Wildman–Crippen MR) is 71.5 cm³/mol. The third-order valence-corrected chi connectivity index (χ3v) is 2.47. The van der Waals surface area contributed by atoms with E-state index in [1.165, 1.54) is 18.2 Å². The van der Waals surface area contributed by atoms with Gasteiger partial charge < -0.3 is 14.6 Å². The maximum atomic E-state index is 11.0. The van der Waals surface area contributed by atoms with Crippen LogP contribution in [-0.4, -0.2) is 24.0 Å². The summed E-state index contributed by atoms with van der Waals surface area (Å²) in [5.41, 5.74) is 0.0781. The predicted octanol–water partition coefficient (Wildman–Crippen LogP) is 2.75. The molecule has 0 heterocycles. The van der Waals surface area contributed by atoms with Crippen LogP contribution in [0.1, 0.15) is 10.4 Å². The second-order valence-electron chi connectivity index (χ2n) is 3.86. The third kappa shape index (κ3) is 3.35. The minimum atomic E-state index is -1.06. The Bertz CT molecular complexity index is 607. The van der Waals surface area contributed by atoms with E-state index >= 15 is 0 Å². The molecule has 0 aliphatic heterocycles. The van der Waals surface area contributed by atoms with Crippen LogP contribution in [0.3, 0.4) is 0 Å². The van der Waals surface area contributed by atoms with Crippen LogP contribution in [0, 0.1) is 0 Å². The summed E-state index contributed by atoms with van der Waals surface area (Å²) < 4.78 is 10.8. The number of ether oxygens (including phenoxy) is 2. The minimum Gasteiger partial charge on any atom is -0.482 e. The highest BCUT2D eigenvalue weighted by atomic mass is 16.5. The van der Waals surface area contributed by atoms with Gasteiger partial charge in [-0.2, -0.15) is 0 Å². The van der Waals surface area contributed by atoms with E-state index < -0.39 is 5.97 Å². The zero-order valence-electron chi connectivity index (χ0n) is 10.5. The quantitative estimate of drug-likeness (QED) is 0.818. The van der Waals surface area contributed by atoms with Crippen molar-refractivity contribution in [2.45, 2.75) is 0 Å². The number of para-hydroxylation sites is 1. The number of benzene rings is 2. The first kappa shape index (κ1) is 13.6. The van der Waals surface area contributed by atoms with Gasteiger partial charge >= 0.3 is 5.97 Å². The number of carboxylic acid groups (broad SMARTS) is 1. The third-order valence-electron chi connectivity index (χ3n) is 2.47. The summed E-state index contributed by atoms with van der Waals surface area (Å²) >= 11 is 0. The van der Waals surface area contributed by atoms with Gasteiger partial charge in [-0.25, -0.2) is 4.79 Å². The van der Waals surface area contributed by atoms with Crippen molar-refractivity contribution in [3.8, 4) is 17.2 Å². The Morgan fingerprint density at radius 2 is 1.85 bits per heavy atom. The molecule has 2 aromatic carbocycles. The maximum absolute atomic E-state index is 11.0. The number of aromatic carboxylic acids is 1. The lowest BCUT2D eigenvalue weighted by molar-refractivity contribution is -0.109. The number of carbonyl (C=O) groups excluding carboxylic acids is 1. The molecule has 0 radical (unpaired) electrons. The molecule has 2 rings (SSSR count). The first-order valence-corrected chi connectivity index (χ1v) is 5.87. The molecule has 0 amide bonds. The van der Waals surface area contributed by atoms with E-state index in [1.807, 2.05) is 6.07 Å². The summed E-state index contributed by atoms with van der Waals surface area (Å²) in [5.74, 6) is 0.0414. The normalized spacial score (nSPS) is 9.80. The molecular weight excluding hydrogens is 260 g/mol. The Kier molecular flexibility index (Phi) is 4.34. The Balaban J connectivity index is 2.33. The summed E-state index contributed by atoms with van der Waals surface area (Å²) in [7, 11) is 0. The fraction of sp³-hybridized carbons (Fsp3) is 0.0667. The number of rotatable bonds is 6. The average Bonchev–Trinajstić information content (AvgIpc) is 2.47. The highest BCUT2D eigenvalue weighted by molar-refractivity contribution is 5.88. The molecule has 20 heavy (non-hydrogen) atoms. The summed E-state index contributed by atoms with van der Waals surface area (Å²) in [6.07, 6.45) is 0.609. The van der Waals surface area contributed by atoms with E-state index in [0.717, 1.165) is 0 Å². The molecule has 0 unspecified atom stereocenters. The van der Waals surface area contributed by atoms with Crippen LogP contribution in [0.25, 0.3) is 0 Å². The van der Waals surface area contributed by atoms with Gasteiger partial charge in [-0.3, -0.25) is 4.79 Å². The molecule has 5 nitrogen and oxygen atoms in total. The lowest BCUT2D eigenvalue weighted by Crippen LogP contribution is -2.02. The van der Waals surface area contributed by atoms with Gasteiger partial charge in [-0.05, 0) is 30.3 Å². The number of hydrogen-bond acceptors (Lipinski definition) is 4. The summed E-state index contributed by atoms with van der Waals surface area (Å²) in [6, 6.07) is 13.1. The molecular formula is C15H12O5. The van der Waals surface area contributed by atoms with Gasteiger partial charge in [0.2, 0.25) is 0 Å². The van der Waals surface area contributed by atoms with E-state index in [4.69, 9.17) is 14.6 Å². The first-order valence-electron chi connectivity index (χ1n) is 5.87. The number of carboxylic acids is 1. The van der Waals surface area contributed by atoms with Crippen LogP contribution in [0.4, 0.5) is 0 Å². The van der Waals surface area contributed by atoms with Crippen molar-refractivity contribution in [2.75, 3.05) is 6.61 Å². The molecule has 0 fully saturated rings. The number of hydrogen-bond donors (Lipinski definition) is 1. The zero-order valence-corrected chi connectivity index (χ0v) is 10.5. The van der Waals surface area contributed by atoms with E-state index in [0.29, 0.717) is 17.8 Å². The summed E-state index contributed by atoms with van der Waals surface area (Å²) in [5, 5.41) is 8.99. The van der Waals surface area contributed by atoms with Crippen molar-refractivity contribution in [2.24, 2.45) is 0 Å². The van der Waals surface area contributed by atoms with Crippen molar-refractivity contribution < 1.29 is 24.2 Å². The number of carbonyl (C=O) groups is 2. The summed E-state index contributed by atoms with van der Waals surface area (Å²) in [4.78, 5) is 21.3. The van der Waals surface area contributed by atoms with E-state index in [2.05, 4.69) is 0 Å². The first-order chi connectivity index (χ1) is 9.70. The molecule has 102 valence electrons. The second kappa shape index (κ2) is 6.38. The minimum absolute atomic E-state index is 0.0781. The fourth-order valence-corrected chi connectivity index (χ4v) is 1.58. The lowest BCUT2D eigenvalue weighted by atomic mass is 10.2. The van der Waals surface area contributed by atoms with Crippen LogP contribution in [-0.2, 0) is 4.79 Å². The molecule has 0 bridgehead atoms. The largest absolute Gasteiger partial charge is 0.482 e. The van der Waals surface area contributed by atoms with E-state index in [1.54, 1.807) is 24.3 Å². The van der Waals surface area contributed by atoms with Crippen molar-refractivity contribution in [1.29, 1.82) is 0 Å². The Morgan fingerprint density at radius 3 is 2.50 bits per heavy atom. The van der Waals surface area contributed by atoms with Crippen LogP contribution in [0.5, 0.6) is 17.2 Å². The Hall–Kier alpha value is -2.82. The molecule has 0 saturated carbocycles. The standard InChI is InChI=1S/C15H12O5/c16-8-9-19-13-7-6-11(15(17)18)10-14(13)20-12-4-2-1-3-5-12/h1-8,10H,9H2,(H,17,18). The van der Waals surface area contributed by atoms with Crippen LogP contribution in [0.2, 0.25) is 0 Å². The van der Waals surface area contributed by atoms with Crippen molar-refractivity contribution in [3.63, 3.8) is 0 Å². The summed E-state index contributed by atoms with van der Waals surface area (Å²) in [6.45, 7) is -0.127. The van der Waals surface area contributed by atoms with Gasteiger partial charge in [0.05, 0.1) is 5.56 Å². The Labute approximate surface area is 115 Å². The SMILES string of the molecule is O=CCOc1ccc(C(=O)O)cc1Oc1ccccc1. The van der Waals surface area contributed by atoms with Crippen molar-refractivity contribution in [3.05, 3.63) is 54.1 Å². The molecule has 5 heteroatoms. The van der Waals surface area contributed by atoms with Gasteiger partial charge in [0.15, 0.2) is 17.8 Å². The fourth-order valence-electron chi connectivity index (χ4n) is 1.58. The monoisotopic (exact) mass is 272 g/mol. The van der Waals surface area contributed by atoms with Crippen molar-refractivity contribution >= 4 is 12.3 Å². The van der Waals surface area contributed by atoms with E-state index in [9.17, 15) is 9.59 Å². The van der Waals surface area contributed by atoms with Gasteiger partial charge in [-0.1, -0.05) is 18.2 Å². The maximum Gasteiger partial charge on any atom is 0.335 e. The molecule has 0 aliphatic carbocycles. The molecule has 0 saturated heterocycles. The highest BCUT2D eigenvalue weighted by Gasteiger charge is 2.11. The molecule has 2 aromatic rings. The topological polar surface area (TPSA) is 72.8 Å². The van der Waals surface area contributed by atoms with Gasteiger partial charge in [-0.15, -0.1) is 0 Å². The van der Waals surface area contributed by atoms with Crippen molar-refractivity contribution in [1.82, 2.24) is 0 Å². The molecule has 0 aromatic heterocycles. The second-order valence-corrected chi connectivity index (χ2v) is 3.86. The molecule has 0 atom stereocenters. The van der Waals surface area contributed by atoms with Crippen LogP contribution < -0.4 is 9.47 Å². The van der Waals surface area contributed by atoms with Gasteiger partial charge in [0, 0.05) is 0 Å². The van der Waals surface area contributed by atoms with Gasteiger partial charge in [0.1, 0.15) is 12.4 Å². The Morgan fingerprint density at radius 1 is 1.10 bits per heavy atom. The van der Waals surface area contributed by atoms with E-state index in [-0.39, 0.29) is 17.9 Å². The van der Waals surface area contributed by atoms with Crippen LogP contribution >= 0.6 is 0 Å². The number of aldehydes is 1. The zero-order chi connectivity index (χ0) is 14.4.